The van der Waals surface area contributed by atoms with Gasteiger partial charge in [-0.05, 0) is 42.5 Å². The standard InChI is InChI=1S/C22H19FN4O3/c1-27-18-9-8-14(25-22(29)19-7-4-12-30-19)13-17(18)26-20(27)10-11-24-21(28)15-5-2-3-6-16(15)23/h2-9,12-13H,10-11H2,1H3,(H,24,28)(H,25,29). The van der Waals surface area contributed by atoms with Gasteiger partial charge < -0.3 is 19.6 Å². The topological polar surface area (TPSA) is 89.2 Å². The van der Waals surface area contributed by atoms with E-state index < -0.39 is 11.7 Å². The van der Waals surface area contributed by atoms with Crippen LogP contribution in [0.15, 0.2) is 65.3 Å². The third kappa shape index (κ3) is 3.93. The molecule has 0 unspecified atom stereocenters. The summed E-state index contributed by atoms with van der Waals surface area (Å²) in [6.07, 6.45) is 1.91. The predicted octanol–water partition coefficient (Wildman–Crippen LogP) is 3.53. The van der Waals surface area contributed by atoms with Crippen molar-refractivity contribution in [3.05, 3.63) is 83.8 Å². The molecule has 0 aliphatic rings. The van der Waals surface area contributed by atoms with E-state index >= 15 is 0 Å². The molecule has 152 valence electrons. The molecule has 2 aromatic carbocycles. The first-order valence-electron chi connectivity index (χ1n) is 9.36. The van der Waals surface area contributed by atoms with E-state index in [4.69, 9.17) is 4.42 Å². The molecule has 0 atom stereocenters. The molecule has 0 saturated carbocycles. The number of benzene rings is 2. The number of fused-ring (bicyclic) bond motifs is 1. The number of anilines is 1. The zero-order chi connectivity index (χ0) is 21.1. The maximum absolute atomic E-state index is 13.7. The molecular weight excluding hydrogens is 387 g/mol. The highest BCUT2D eigenvalue weighted by molar-refractivity contribution is 6.03. The lowest BCUT2D eigenvalue weighted by Crippen LogP contribution is -2.27. The van der Waals surface area contributed by atoms with E-state index in [9.17, 15) is 14.0 Å². The van der Waals surface area contributed by atoms with Crippen molar-refractivity contribution < 1.29 is 18.4 Å². The summed E-state index contributed by atoms with van der Waals surface area (Å²) < 4.78 is 20.7. The lowest BCUT2D eigenvalue weighted by molar-refractivity contribution is 0.0948. The Bertz CT molecular complexity index is 1210. The average molecular weight is 406 g/mol. The van der Waals surface area contributed by atoms with Gasteiger partial charge in [0.15, 0.2) is 5.76 Å². The van der Waals surface area contributed by atoms with Gasteiger partial charge in [-0.15, -0.1) is 0 Å². The minimum Gasteiger partial charge on any atom is -0.459 e. The molecule has 7 nitrogen and oxygen atoms in total. The molecular formula is C22H19FN4O3. The maximum Gasteiger partial charge on any atom is 0.291 e. The van der Waals surface area contributed by atoms with Crippen molar-refractivity contribution in [3.8, 4) is 0 Å². The van der Waals surface area contributed by atoms with Crippen LogP contribution in [0.4, 0.5) is 10.1 Å². The lowest BCUT2D eigenvalue weighted by Gasteiger charge is -2.06. The number of amides is 2. The minimum absolute atomic E-state index is 0.0134. The van der Waals surface area contributed by atoms with E-state index in [-0.39, 0.29) is 17.2 Å². The molecule has 4 aromatic rings. The SMILES string of the molecule is Cn1c(CCNC(=O)c2ccccc2F)nc2cc(NC(=O)c3ccco3)ccc21. The molecule has 2 aromatic heterocycles. The van der Waals surface area contributed by atoms with Gasteiger partial charge >= 0.3 is 0 Å². The molecule has 2 N–H and O–H groups in total. The Morgan fingerprint density at radius 3 is 2.70 bits per heavy atom. The summed E-state index contributed by atoms with van der Waals surface area (Å²) >= 11 is 0. The number of imidazole rings is 1. The molecule has 0 bridgehead atoms. The van der Waals surface area contributed by atoms with Crippen LogP contribution in [0.1, 0.15) is 26.7 Å². The Labute approximate surface area is 171 Å². The van der Waals surface area contributed by atoms with E-state index in [1.807, 2.05) is 17.7 Å². The molecule has 2 amide bonds. The van der Waals surface area contributed by atoms with E-state index in [1.165, 1.54) is 24.5 Å². The van der Waals surface area contributed by atoms with Gasteiger partial charge in [0.1, 0.15) is 11.6 Å². The summed E-state index contributed by atoms with van der Waals surface area (Å²) in [5.74, 6) is -0.376. The quantitative estimate of drug-likeness (QED) is 0.513. The van der Waals surface area contributed by atoms with Crippen LogP contribution in [0.25, 0.3) is 11.0 Å². The maximum atomic E-state index is 13.7. The number of carbonyl (C=O) groups is 2. The number of nitrogens with zero attached hydrogens (tertiary/aromatic N) is 2. The highest BCUT2D eigenvalue weighted by Crippen LogP contribution is 2.20. The molecule has 0 aliphatic heterocycles. The first-order valence-corrected chi connectivity index (χ1v) is 9.36. The molecule has 0 radical (unpaired) electrons. The zero-order valence-electron chi connectivity index (χ0n) is 16.2. The molecule has 8 heteroatoms. The lowest BCUT2D eigenvalue weighted by atomic mass is 10.2. The van der Waals surface area contributed by atoms with Gasteiger partial charge in [0.05, 0.1) is 22.9 Å². The van der Waals surface area contributed by atoms with Crippen LogP contribution in [0, 0.1) is 5.82 Å². The number of carbonyl (C=O) groups excluding carboxylic acids is 2. The number of hydrogen-bond donors (Lipinski definition) is 2. The first-order chi connectivity index (χ1) is 14.5. The minimum atomic E-state index is -0.554. The summed E-state index contributed by atoms with van der Waals surface area (Å²) in [5.41, 5.74) is 2.22. The second kappa shape index (κ2) is 8.20. The van der Waals surface area contributed by atoms with E-state index in [0.717, 1.165) is 11.3 Å². The van der Waals surface area contributed by atoms with Crippen LogP contribution in [0.3, 0.4) is 0 Å². The van der Waals surface area contributed by atoms with Crippen molar-refractivity contribution in [1.82, 2.24) is 14.9 Å². The summed E-state index contributed by atoms with van der Waals surface area (Å²) in [6, 6.07) is 14.5. The molecule has 4 rings (SSSR count). The van der Waals surface area contributed by atoms with Crippen molar-refractivity contribution in [2.24, 2.45) is 7.05 Å². The number of furan rings is 1. The molecule has 2 heterocycles. The van der Waals surface area contributed by atoms with E-state index in [1.54, 1.807) is 30.3 Å². The predicted molar refractivity (Wildman–Crippen MR) is 110 cm³/mol. The van der Waals surface area contributed by atoms with Crippen molar-refractivity contribution >= 4 is 28.5 Å². The second-order valence-corrected chi connectivity index (χ2v) is 6.71. The normalized spacial score (nSPS) is 10.9. The van der Waals surface area contributed by atoms with E-state index in [2.05, 4.69) is 15.6 Å². The molecule has 0 spiro atoms. The van der Waals surface area contributed by atoms with Crippen LogP contribution < -0.4 is 10.6 Å². The van der Waals surface area contributed by atoms with Crippen LogP contribution in [-0.2, 0) is 13.5 Å². The van der Waals surface area contributed by atoms with Crippen LogP contribution in [0.5, 0.6) is 0 Å². The van der Waals surface area contributed by atoms with Crippen molar-refractivity contribution in [1.29, 1.82) is 0 Å². The fraction of sp³-hybridized carbons (Fsp3) is 0.136. The first kappa shape index (κ1) is 19.4. The summed E-state index contributed by atoms with van der Waals surface area (Å²) in [4.78, 5) is 28.9. The zero-order valence-corrected chi connectivity index (χ0v) is 16.2. The van der Waals surface area contributed by atoms with Crippen LogP contribution in [-0.4, -0.2) is 27.9 Å². The third-order valence-corrected chi connectivity index (χ3v) is 4.73. The van der Waals surface area contributed by atoms with Gasteiger partial charge in [-0.2, -0.15) is 0 Å². The molecule has 0 fully saturated rings. The Balaban J connectivity index is 1.43. The highest BCUT2D eigenvalue weighted by Gasteiger charge is 2.13. The van der Waals surface area contributed by atoms with Gasteiger partial charge in [0.25, 0.3) is 11.8 Å². The Kier molecular flexibility index (Phi) is 5.30. The van der Waals surface area contributed by atoms with Crippen molar-refractivity contribution in [3.63, 3.8) is 0 Å². The average Bonchev–Trinajstić information content (AvgIpc) is 3.37. The van der Waals surface area contributed by atoms with Gasteiger partial charge in [-0.3, -0.25) is 9.59 Å². The van der Waals surface area contributed by atoms with Crippen LogP contribution in [0.2, 0.25) is 0 Å². The van der Waals surface area contributed by atoms with Crippen molar-refractivity contribution in [2.45, 2.75) is 6.42 Å². The Morgan fingerprint density at radius 2 is 1.93 bits per heavy atom. The van der Waals surface area contributed by atoms with Gasteiger partial charge in [0, 0.05) is 25.7 Å². The number of rotatable bonds is 6. The molecule has 30 heavy (non-hydrogen) atoms. The second-order valence-electron chi connectivity index (χ2n) is 6.71. The highest BCUT2D eigenvalue weighted by atomic mass is 19.1. The van der Waals surface area contributed by atoms with Crippen LogP contribution >= 0.6 is 0 Å². The monoisotopic (exact) mass is 406 g/mol. The summed E-state index contributed by atoms with van der Waals surface area (Å²) in [5, 5.41) is 5.49. The largest absolute Gasteiger partial charge is 0.459 e. The van der Waals surface area contributed by atoms with E-state index in [0.29, 0.717) is 24.2 Å². The summed E-state index contributed by atoms with van der Waals surface area (Å²) in [7, 11) is 1.88. The Hall–Kier alpha value is -3.94. The number of aryl methyl sites for hydroxylation is 1. The number of nitrogens with one attached hydrogen (secondary N) is 2. The number of hydrogen-bond acceptors (Lipinski definition) is 4. The van der Waals surface area contributed by atoms with Gasteiger partial charge in [0.2, 0.25) is 0 Å². The smallest absolute Gasteiger partial charge is 0.291 e. The number of halogens is 1. The summed E-state index contributed by atoms with van der Waals surface area (Å²) in [6.45, 7) is 0.312. The third-order valence-electron chi connectivity index (χ3n) is 4.73. The van der Waals surface area contributed by atoms with Gasteiger partial charge in [-0.25, -0.2) is 9.37 Å². The number of aromatic nitrogens is 2. The molecule has 0 aliphatic carbocycles. The van der Waals surface area contributed by atoms with Gasteiger partial charge in [-0.1, -0.05) is 12.1 Å². The molecule has 0 saturated heterocycles. The Morgan fingerprint density at radius 1 is 1.10 bits per heavy atom. The van der Waals surface area contributed by atoms with Crippen molar-refractivity contribution in [2.75, 3.05) is 11.9 Å². The fourth-order valence-electron chi connectivity index (χ4n) is 3.18. The fourth-order valence-corrected chi connectivity index (χ4v) is 3.18.